The Balaban J connectivity index is 3.58. The summed E-state index contributed by atoms with van der Waals surface area (Å²) in [5.74, 6) is 1.61. The van der Waals surface area contributed by atoms with Crippen molar-refractivity contribution in [1.29, 1.82) is 0 Å². The second kappa shape index (κ2) is 20.7. The zero-order valence-electron chi connectivity index (χ0n) is 38.7. The Labute approximate surface area is 332 Å². The maximum Gasteiger partial charge on any atom is 0.226 e. The molecule has 0 aliphatic heterocycles. The summed E-state index contributed by atoms with van der Waals surface area (Å²) in [7, 11) is 1.69. The maximum absolute atomic E-state index is 14.4. The van der Waals surface area contributed by atoms with Crippen molar-refractivity contribution in [3.63, 3.8) is 0 Å². The third-order valence-corrected chi connectivity index (χ3v) is 13.3. The van der Waals surface area contributed by atoms with Gasteiger partial charge < -0.3 is 35.7 Å². The number of hydrogen-bond donors (Lipinski definition) is 3. The van der Waals surface area contributed by atoms with Gasteiger partial charge in [-0.05, 0) is 99.7 Å². The molecule has 9 heteroatoms. The Morgan fingerprint density at radius 3 is 1.93 bits per heavy atom. The molecule has 0 radical (unpaired) electrons. The number of amides is 2. The summed E-state index contributed by atoms with van der Waals surface area (Å²) < 4.78 is 32.4. The molecule has 10 atom stereocenters. The largest absolute Gasteiger partial charge is 0.490 e. The van der Waals surface area contributed by atoms with E-state index in [1.165, 1.54) is 0 Å². The summed E-state index contributed by atoms with van der Waals surface area (Å²) in [6, 6.07) is 6.23. The maximum atomic E-state index is 14.4. The predicted molar refractivity (Wildman–Crippen MR) is 224 cm³/mol. The van der Waals surface area contributed by atoms with Gasteiger partial charge in [0.15, 0.2) is 11.5 Å². The number of carbonyl (C=O) groups excluding carboxylic acids is 2. The number of methoxy groups -OCH3 is 1. The van der Waals surface area contributed by atoms with Crippen molar-refractivity contribution < 1.29 is 29.9 Å². The van der Waals surface area contributed by atoms with Crippen LogP contribution in [0.2, 0.25) is 0 Å². The van der Waals surface area contributed by atoms with Crippen LogP contribution in [-0.2, 0) is 19.1 Å². The summed E-state index contributed by atoms with van der Waals surface area (Å²) in [5.41, 5.74) is 11.4. The lowest BCUT2D eigenvalue weighted by Gasteiger charge is -2.49. The van der Waals surface area contributed by atoms with Crippen LogP contribution < -0.4 is 26.3 Å². The van der Waals surface area contributed by atoms with Crippen LogP contribution in [0, 0.1) is 51.8 Å². The van der Waals surface area contributed by atoms with Crippen molar-refractivity contribution in [3.05, 3.63) is 23.8 Å². The summed E-state index contributed by atoms with van der Waals surface area (Å²) in [5, 5.41) is 3.16. The molecule has 0 spiro atoms. The average Bonchev–Trinajstić information content (AvgIpc) is 3.09. The van der Waals surface area contributed by atoms with Crippen LogP contribution in [0.3, 0.4) is 0 Å². The van der Waals surface area contributed by atoms with Gasteiger partial charge in [-0.1, -0.05) is 95.6 Å². The monoisotopic (exact) mass is 763 g/mol. The minimum Gasteiger partial charge on any atom is -0.490 e. The van der Waals surface area contributed by atoms with Gasteiger partial charge in [0.2, 0.25) is 11.8 Å². The number of primary amides is 1. The van der Waals surface area contributed by atoms with Crippen LogP contribution in [-0.4, -0.2) is 63.0 Å². The molecule has 0 saturated heterocycles. The topological polar surface area (TPSA) is 135 Å². The molecule has 1 aromatic rings. The molecule has 5 N–H and O–H groups in total. The molecular formula is C45H83N3O6. The summed E-state index contributed by atoms with van der Waals surface area (Å²) in [6.45, 7) is 36.2. The number of benzene rings is 1. The first-order chi connectivity index (χ1) is 25.0. The van der Waals surface area contributed by atoms with Crippen LogP contribution in [0.1, 0.15) is 143 Å². The smallest absolute Gasteiger partial charge is 0.226 e. The molecule has 0 heterocycles. The van der Waals surface area contributed by atoms with E-state index < -0.39 is 39.9 Å². The second-order valence-electron chi connectivity index (χ2n) is 18.7. The molecule has 0 bridgehead atoms. The summed E-state index contributed by atoms with van der Waals surface area (Å²) >= 11 is 0. The van der Waals surface area contributed by atoms with E-state index in [0.717, 1.165) is 12.0 Å². The van der Waals surface area contributed by atoms with Gasteiger partial charge in [-0.2, -0.15) is 0 Å². The van der Waals surface area contributed by atoms with Crippen LogP contribution >= 0.6 is 0 Å². The van der Waals surface area contributed by atoms with E-state index in [-0.39, 0.29) is 48.0 Å². The fourth-order valence-corrected chi connectivity index (χ4v) is 7.75. The molecule has 54 heavy (non-hydrogen) atoms. The number of hydrogen-bond acceptors (Lipinski definition) is 7. The van der Waals surface area contributed by atoms with Gasteiger partial charge in [-0.15, -0.1) is 0 Å². The third kappa shape index (κ3) is 12.3. The van der Waals surface area contributed by atoms with Gasteiger partial charge in [-0.25, -0.2) is 0 Å². The van der Waals surface area contributed by atoms with Crippen LogP contribution in [0.15, 0.2) is 18.2 Å². The van der Waals surface area contributed by atoms with E-state index in [1.807, 2.05) is 54.5 Å². The highest BCUT2D eigenvalue weighted by Crippen LogP contribution is 2.47. The summed E-state index contributed by atoms with van der Waals surface area (Å²) in [6.07, 6.45) is -0.0515. The fraction of sp³-hybridized carbons (Fsp3) is 0.822. The lowest BCUT2D eigenvalue weighted by molar-refractivity contribution is -0.141. The van der Waals surface area contributed by atoms with Crippen LogP contribution in [0.5, 0.6) is 11.5 Å². The number of nitrogens with one attached hydrogen (secondary N) is 1. The van der Waals surface area contributed by atoms with E-state index in [1.54, 1.807) is 21.0 Å². The van der Waals surface area contributed by atoms with Crippen molar-refractivity contribution in [2.75, 3.05) is 33.5 Å². The van der Waals surface area contributed by atoms with Crippen molar-refractivity contribution >= 4 is 11.8 Å². The fourth-order valence-electron chi connectivity index (χ4n) is 7.75. The van der Waals surface area contributed by atoms with Gasteiger partial charge >= 0.3 is 0 Å². The minimum absolute atomic E-state index is 0.0231. The molecule has 0 fully saturated rings. The minimum atomic E-state index is -0.959. The zero-order chi connectivity index (χ0) is 42.9. The quantitative estimate of drug-likeness (QED) is 0.0957. The number of ether oxygens (including phenoxy) is 4. The van der Waals surface area contributed by atoms with Gasteiger partial charge in [0.05, 0.1) is 44.2 Å². The van der Waals surface area contributed by atoms with E-state index in [4.69, 9.17) is 31.8 Å². The molecule has 6 unspecified atom stereocenters. The normalized spacial score (nSPS) is 20.2. The van der Waals surface area contributed by atoms with Gasteiger partial charge in [0.1, 0.15) is 0 Å². The van der Waals surface area contributed by atoms with Gasteiger partial charge in [-0.3, -0.25) is 9.59 Å². The van der Waals surface area contributed by atoms with Crippen LogP contribution in [0.4, 0.5) is 0 Å². The number of rotatable bonds is 24. The lowest BCUT2D eigenvalue weighted by Crippen LogP contribution is -2.60. The molecule has 0 aromatic heterocycles. The van der Waals surface area contributed by atoms with E-state index >= 15 is 0 Å². The predicted octanol–water partition coefficient (Wildman–Crippen LogP) is 9.00. The Morgan fingerprint density at radius 1 is 0.870 bits per heavy atom. The average molecular weight is 763 g/mol. The number of nitrogens with two attached hydrogens (primary N) is 2. The van der Waals surface area contributed by atoms with Gasteiger partial charge in [0.25, 0.3) is 0 Å². The molecule has 0 aliphatic carbocycles. The SMILES string of the molecule is [2H]C(C)(C)OCC(C)COc1cc(C(C)[C@H](C(C)CC)C(C)[C@](C)(N)[C@H](C[C@](C)(C(=O)NCC(C)(C(N)=O)C(C)(C)C)C(C)C(C)C)OC)ccc1OCC. The van der Waals surface area contributed by atoms with E-state index in [2.05, 4.69) is 72.8 Å². The van der Waals surface area contributed by atoms with Crippen molar-refractivity contribution in [1.82, 2.24) is 5.32 Å². The van der Waals surface area contributed by atoms with E-state index in [9.17, 15) is 9.59 Å². The highest BCUT2D eigenvalue weighted by atomic mass is 16.5. The van der Waals surface area contributed by atoms with Crippen molar-refractivity contribution in [3.8, 4) is 11.5 Å². The molecule has 2 amide bonds. The Kier molecular flexibility index (Phi) is 18.3. The first-order valence-corrected chi connectivity index (χ1v) is 20.5. The highest BCUT2D eigenvalue weighted by molar-refractivity contribution is 5.85. The van der Waals surface area contributed by atoms with Crippen molar-refractivity contribution in [2.45, 2.75) is 154 Å². The molecule has 1 rings (SSSR count). The molecule has 0 aliphatic rings. The van der Waals surface area contributed by atoms with Crippen LogP contribution in [0.25, 0.3) is 0 Å². The van der Waals surface area contributed by atoms with Crippen molar-refractivity contribution in [2.24, 2.45) is 63.2 Å². The molecule has 0 saturated carbocycles. The standard InChI is InChI=1S/C45H83N3O6/c1-19-31(8)39(32(9)35-21-22-36(52-20-2)37(23-35)54-26-30(7)25-53-29(5)6)34(11)45(17,47)38(51-18)24-43(15,33(10)28(3)4)41(50)48-27-44(16,40(46)49)42(12,13)14/h21-23,28-34,38-39H,19-20,24-27,47H2,1-18H3,(H2,46,49)(H,48,50)/t30?,31?,32?,33?,34?,38-,39-,43-,44?,45-/m0/s1/i29D. The number of carbonyl (C=O) groups is 2. The lowest BCUT2D eigenvalue weighted by atomic mass is 9.61. The first kappa shape index (κ1) is 47.8. The summed E-state index contributed by atoms with van der Waals surface area (Å²) in [4.78, 5) is 27.1. The molecular weight excluding hydrogens is 679 g/mol. The highest BCUT2D eigenvalue weighted by Gasteiger charge is 2.50. The van der Waals surface area contributed by atoms with Gasteiger partial charge in [0, 0.05) is 25.1 Å². The Morgan fingerprint density at radius 2 is 1.46 bits per heavy atom. The third-order valence-electron chi connectivity index (χ3n) is 13.3. The first-order valence-electron chi connectivity index (χ1n) is 21.0. The molecule has 314 valence electrons. The van der Waals surface area contributed by atoms with E-state index in [0.29, 0.717) is 43.7 Å². The molecule has 9 nitrogen and oxygen atoms in total. The zero-order valence-corrected chi connectivity index (χ0v) is 37.7. The molecule has 1 aromatic carbocycles. The Hall–Kier alpha value is -2.36. The second-order valence-corrected chi connectivity index (χ2v) is 18.7. The Bertz CT molecular complexity index is 1360.